The van der Waals surface area contributed by atoms with Gasteiger partial charge in [0.05, 0.1) is 26.3 Å². The molecule has 2 atom stereocenters. The van der Waals surface area contributed by atoms with E-state index in [9.17, 15) is 4.79 Å². The van der Waals surface area contributed by atoms with Crippen LogP contribution >= 0.6 is 12.4 Å². The van der Waals surface area contributed by atoms with Crippen molar-refractivity contribution in [2.24, 2.45) is 0 Å². The van der Waals surface area contributed by atoms with Crippen molar-refractivity contribution in [3.8, 4) is 11.5 Å². The molecular formula is C15H23ClN2O3. The number of carbonyl (C=O) groups excluding carboxylic acids is 1. The third kappa shape index (κ3) is 4.25. The van der Waals surface area contributed by atoms with Crippen LogP contribution in [0.15, 0.2) is 18.2 Å². The molecular weight excluding hydrogens is 292 g/mol. The lowest BCUT2D eigenvalue weighted by atomic mass is 10.1. The van der Waals surface area contributed by atoms with Crippen molar-refractivity contribution in [1.82, 2.24) is 10.6 Å². The van der Waals surface area contributed by atoms with Crippen LogP contribution in [0, 0.1) is 0 Å². The van der Waals surface area contributed by atoms with Crippen LogP contribution in [0.3, 0.4) is 0 Å². The normalized spacial score (nSPS) is 18.5. The lowest BCUT2D eigenvalue weighted by Crippen LogP contribution is -2.41. The molecule has 6 heteroatoms. The summed E-state index contributed by atoms with van der Waals surface area (Å²) in [7, 11) is 3.21. The molecule has 1 fully saturated rings. The summed E-state index contributed by atoms with van der Waals surface area (Å²) in [6, 6.07) is 5.56. The van der Waals surface area contributed by atoms with Gasteiger partial charge in [-0.2, -0.15) is 0 Å². The first-order chi connectivity index (χ1) is 9.65. The van der Waals surface area contributed by atoms with Gasteiger partial charge < -0.3 is 20.1 Å². The predicted octanol–water partition coefficient (Wildman–Crippen LogP) is 2.05. The number of ether oxygens (including phenoxy) is 2. The zero-order valence-corrected chi connectivity index (χ0v) is 13.5. The number of hydrogen-bond donors (Lipinski definition) is 2. The minimum absolute atomic E-state index is 0. The number of hydrogen-bond acceptors (Lipinski definition) is 4. The Kier molecular flexibility index (Phi) is 6.78. The van der Waals surface area contributed by atoms with E-state index in [2.05, 4.69) is 10.6 Å². The van der Waals surface area contributed by atoms with Crippen molar-refractivity contribution in [2.75, 3.05) is 20.8 Å². The predicted molar refractivity (Wildman–Crippen MR) is 84.4 cm³/mol. The summed E-state index contributed by atoms with van der Waals surface area (Å²) >= 11 is 0. The van der Waals surface area contributed by atoms with Gasteiger partial charge in [0.2, 0.25) is 5.91 Å². The van der Waals surface area contributed by atoms with Crippen molar-refractivity contribution in [2.45, 2.75) is 31.8 Å². The third-order valence-electron chi connectivity index (χ3n) is 3.64. The molecule has 1 aliphatic rings. The van der Waals surface area contributed by atoms with E-state index in [0.29, 0.717) is 11.5 Å². The maximum atomic E-state index is 12.1. The van der Waals surface area contributed by atoms with E-state index in [1.54, 1.807) is 14.2 Å². The van der Waals surface area contributed by atoms with Crippen LogP contribution in [0.4, 0.5) is 0 Å². The number of amides is 1. The fourth-order valence-corrected chi connectivity index (χ4v) is 2.43. The van der Waals surface area contributed by atoms with Gasteiger partial charge in [-0.05, 0) is 44.0 Å². The number of benzene rings is 1. The van der Waals surface area contributed by atoms with Crippen molar-refractivity contribution in [1.29, 1.82) is 0 Å². The molecule has 5 nitrogen and oxygen atoms in total. The van der Waals surface area contributed by atoms with Gasteiger partial charge in [-0.3, -0.25) is 4.79 Å². The number of rotatable bonds is 5. The summed E-state index contributed by atoms with van der Waals surface area (Å²) in [6.45, 7) is 2.89. The SMILES string of the molecule is COc1ccc(C(C)NC(=O)[C@@H]2CCCN2)cc1OC.Cl. The van der Waals surface area contributed by atoms with Crippen LogP contribution in [-0.2, 0) is 4.79 Å². The molecule has 1 unspecified atom stereocenters. The Hall–Kier alpha value is -1.46. The maximum absolute atomic E-state index is 12.1. The molecule has 1 aromatic rings. The van der Waals surface area contributed by atoms with Gasteiger partial charge in [0, 0.05) is 0 Å². The minimum atomic E-state index is -0.0651. The quantitative estimate of drug-likeness (QED) is 0.873. The van der Waals surface area contributed by atoms with Gasteiger partial charge >= 0.3 is 0 Å². The van der Waals surface area contributed by atoms with E-state index < -0.39 is 0 Å². The Labute approximate surface area is 131 Å². The van der Waals surface area contributed by atoms with E-state index in [0.717, 1.165) is 24.9 Å². The van der Waals surface area contributed by atoms with Gasteiger partial charge in [0.25, 0.3) is 0 Å². The summed E-state index contributed by atoms with van der Waals surface area (Å²) in [5, 5.41) is 6.23. The summed E-state index contributed by atoms with van der Waals surface area (Å²) < 4.78 is 10.5. The fraction of sp³-hybridized carbons (Fsp3) is 0.533. The van der Waals surface area contributed by atoms with Crippen molar-refractivity contribution in [3.05, 3.63) is 23.8 Å². The maximum Gasteiger partial charge on any atom is 0.237 e. The molecule has 1 amide bonds. The Morgan fingerprint density at radius 2 is 2.05 bits per heavy atom. The first kappa shape index (κ1) is 17.6. The highest BCUT2D eigenvalue weighted by Gasteiger charge is 2.23. The van der Waals surface area contributed by atoms with Crippen LogP contribution in [0.5, 0.6) is 11.5 Å². The Morgan fingerprint density at radius 1 is 1.33 bits per heavy atom. The second-order valence-corrected chi connectivity index (χ2v) is 4.99. The summed E-state index contributed by atoms with van der Waals surface area (Å²) in [5.74, 6) is 1.42. The van der Waals surface area contributed by atoms with Gasteiger partial charge in [-0.1, -0.05) is 6.07 Å². The summed E-state index contributed by atoms with van der Waals surface area (Å²) in [6.07, 6.45) is 1.97. The zero-order valence-electron chi connectivity index (χ0n) is 12.6. The monoisotopic (exact) mass is 314 g/mol. The minimum Gasteiger partial charge on any atom is -0.493 e. The molecule has 0 radical (unpaired) electrons. The third-order valence-corrected chi connectivity index (χ3v) is 3.64. The second kappa shape index (κ2) is 8.10. The lowest BCUT2D eigenvalue weighted by molar-refractivity contribution is -0.123. The van der Waals surface area contributed by atoms with Crippen LogP contribution in [-0.4, -0.2) is 32.7 Å². The van der Waals surface area contributed by atoms with E-state index in [4.69, 9.17) is 9.47 Å². The molecule has 0 aliphatic carbocycles. The average Bonchev–Trinajstić information content (AvgIpc) is 3.00. The molecule has 1 heterocycles. The smallest absolute Gasteiger partial charge is 0.237 e. The number of halogens is 1. The Balaban J connectivity index is 0.00000220. The number of methoxy groups -OCH3 is 2. The molecule has 0 saturated carbocycles. The van der Waals surface area contributed by atoms with Gasteiger partial charge in [0.15, 0.2) is 11.5 Å². The molecule has 0 aromatic heterocycles. The van der Waals surface area contributed by atoms with Crippen molar-refractivity contribution < 1.29 is 14.3 Å². The molecule has 2 rings (SSSR count). The van der Waals surface area contributed by atoms with E-state index in [-0.39, 0.29) is 30.4 Å². The van der Waals surface area contributed by atoms with Crippen LogP contribution in [0.25, 0.3) is 0 Å². The van der Waals surface area contributed by atoms with Crippen LogP contribution in [0.1, 0.15) is 31.4 Å². The van der Waals surface area contributed by atoms with E-state index in [1.165, 1.54) is 0 Å². The molecule has 0 spiro atoms. The summed E-state index contributed by atoms with van der Waals surface area (Å²) in [5.41, 5.74) is 0.994. The molecule has 1 saturated heterocycles. The van der Waals surface area contributed by atoms with E-state index >= 15 is 0 Å². The largest absolute Gasteiger partial charge is 0.493 e. The Morgan fingerprint density at radius 3 is 2.62 bits per heavy atom. The van der Waals surface area contributed by atoms with Crippen molar-refractivity contribution >= 4 is 18.3 Å². The Bertz CT molecular complexity index is 476. The first-order valence-electron chi connectivity index (χ1n) is 6.91. The molecule has 2 N–H and O–H groups in total. The first-order valence-corrected chi connectivity index (χ1v) is 6.91. The van der Waals surface area contributed by atoms with E-state index in [1.807, 2.05) is 25.1 Å². The number of nitrogens with one attached hydrogen (secondary N) is 2. The van der Waals surface area contributed by atoms with Gasteiger partial charge in [-0.25, -0.2) is 0 Å². The molecule has 1 aliphatic heterocycles. The second-order valence-electron chi connectivity index (χ2n) is 4.99. The van der Waals surface area contributed by atoms with Crippen molar-refractivity contribution in [3.63, 3.8) is 0 Å². The molecule has 118 valence electrons. The highest BCUT2D eigenvalue weighted by molar-refractivity contribution is 5.85. The standard InChI is InChI=1S/C15H22N2O3.ClH/c1-10(17-15(18)12-5-4-8-16-12)11-6-7-13(19-2)14(9-11)20-3;/h6-7,9-10,12,16H,4-5,8H2,1-3H3,(H,17,18);1H/t10?,12-;/m0./s1. The molecule has 0 bridgehead atoms. The highest BCUT2D eigenvalue weighted by atomic mass is 35.5. The van der Waals surface area contributed by atoms with Gasteiger partial charge in [0.1, 0.15) is 0 Å². The fourth-order valence-electron chi connectivity index (χ4n) is 2.43. The topological polar surface area (TPSA) is 59.6 Å². The van der Waals surface area contributed by atoms with Gasteiger partial charge in [-0.15, -0.1) is 12.4 Å². The average molecular weight is 315 g/mol. The van der Waals surface area contributed by atoms with Crippen LogP contribution < -0.4 is 20.1 Å². The lowest BCUT2D eigenvalue weighted by Gasteiger charge is -2.19. The summed E-state index contributed by atoms with van der Waals surface area (Å²) in [4.78, 5) is 12.1. The van der Waals surface area contributed by atoms with Crippen LogP contribution in [0.2, 0.25) is 0 Å². The molecule has 1 aromatic carbocycles. The highest BCUT2D eigenvalue weighted by Crippen LogP contribution is 2.29. The zero-order chi connectivity index (χ0) is 14.5. The molecule has 21 heavy (non-hydrogen) atoms. The number of carbonyl (C=O) groups is 1.